The first-order valence-corrected chi connectivity index (χ1v) is 5.10. The Morgan fingerprint density at radius 1 is 1.20 bits per heavy atom. The molecule has 0 saturated heterocycles. The number of rotatable bonds is 1. The van der Waals surface area contributed by atoms with Gasteiger partial charge in [-0.25, -0.2) is 0 Å². The lowest BCUT2D eigenvalue weighted by Crippen LogP contribution is -2.08. The Morgan fingerprint density at radius 2 is 1.80 bits per heavy atom. The number of allylic oxidation sites excluding steroid dienone is 3. The molecule has 3 nitrogen and oxygen atoms in total. The highest BCUT2D eigenvalue weighted by molar-refractivity contribution is 5.49. The molecule has 0 aromatic rings. The molecule has 1 fully saturated rings. The monoisotopic (exact) mass is 201 g/mol. The lowest BCUT2D eigenvalue weighted by Gasteiger charge is -2.20. The van der Waals surface area contributed by atoms with Gasteiger partial charge in [-0.1, -0.05) is 0 Å². The van der Waals surface area contributed by atoms with E-state index in [9.17, 15) is 0 Å². The fourth-order valence-corrected chi connectivity index (χ4v) is 1.83. The van der Waals surface area contributed by atoms with Crippen LogP contribution in [-0.4, -0.2) is 19.0 Å². The summed E-state index contributed by atoms with van der Waals surface area (Å²) >= 11 is 0. The van der Waals surface area contributed by atoms with E-state index < -0.39 is 0 Å². The Kier molecular flexibility index (Phi) is 3.94. The van der Waals surface area contributed by atoms with Crippen LogP contribution in [0.2, 0.25) is 0 Å². The van der Waals surface area contributed by atoms with Gasteiger partial charge in [0.05, 0.1) is 0 Å². The zero-order chi connectivity index (χ0) is 11.3. The van der Waals surface area contributed by atoms with Gasteiger partial charge in [-0.05, 0) is 36.8 Å². The summed E-state index contributed by atoms with van der Waals surface area (Å²) in [5.74, 6) is 0. The van der Waals surface area contributed by atoms with Gasteiger partial charge in [0.15, 0.2) is 0 Å². The smallest absolute Gasteiger partial charge is 0.133 e. The first-order chi connectivity index (χ1) is 7.19. The van der Waals surface area contributed by atoms with Crippen molar-refractivity contribution in [2.75, 3.05) is 14.1 Å². The van der Waals surface area contributed by atoms with Crippen molar-refractivity contribution < 1.29 is 0 Å². The molecule has 0 bridgehead atoms. The van der Waals surface area contributed by atoms with Crippen LogP contribution in [0.4, 0.5) is 0 Å². The molecule has 3 heteroatoms. The molecule has 0 N–H and O–H groups in total. The topological polar surface area (TPSA) is 50.8 Å². The lowest BCUT2D eigenvalue weighted by molar-refractivity contribution is 0.547. The number of hydrogen-bond donors (Lipinski definition) is 0. The van der Waals surface area contributed by atoms with Gasteiger partial charge in [-0.15, -0.1) is 0 Å². The molecule has 15 heavy (non-hydrogen) atoms. The van der Waals surface area contributed by atoms with Gasteiger partial charge in [0.1, 0.15) is 17.7 Å². The molecule has 0 aromatic heterocycles. The van der Waals surface area contributed by atoms with Gasteiger partial charge in [-0.3, -0.25) is 0 Å². The Labute approximate surface area is 90.9 Å². The van der Waals surface area contributed by atoms with E-state index in [0.29, 0.717) is 0 Å². The van der Waals surface area contributed by atoms with Crippen LogP contribution < -0.4 is 0 Å². The Balaban J connectivity index is 3.10. The van der Waals surface area contributed by atoms with Crippen molar-refractivity contribution >= 4 is 0 Å². The quantitative estimate of drug-likeness (QED) is 0.612. The average molecular weight is 201 g/mol. The van der Waals surface area contributed by atoms with Gasteiger partial charge < -0.3 is 4.90 Å². The molecule has 1 aliphatic rings. The van der Waals surface area contributed by atoms with Crippen molar-refractivity contribution in [1.82, 2.24) is 4.90 Å². The normalized spacial score (nSPS) is 18.1. The molecule has 78 valence electrons. The van der Waals surface area contributed by atoms with Crippen LogP contribution in [0.15, 0.2) is 22.9 Å². The van der Waals surface area contributed by atoms with Gasteiger partial charge in [0.2, 0.25) is 0 Å². The second-order valence-corrected chi connectivity index (χ2v) is 3.90. The summed E-state index contributed by atoms with van der Waals surface area (Å²) < 4.78 is 0. The van der Waals surface area contributed by atoms with Crippen molar-refractivity contribution in [3.63, 3.8) is 0 Å². The zero-order valence-electron chi connectivity index (χ0n) is 9.25. The maximum atomic E-state index is 8.86. The van der Waals surface area contributed by atoms with E-state index in [1.54, 1.807) is 0 Å². The van der Waals surface area contributed by atoms with Gasteiger partial charge >= 0.3 is 0 Å². The van der Waals surface area contributed by atoms with Crippen LogP contribution >= 0.6 is 0 Å². The van der Waals surface area contributed by atoms with Crippen molar-refractivity contribution in [3.8, 4) is 12.1 Å². The molecule has 0 heterocycles. The summed E-state index contributed by atoms with van der Waals surface area (Å²) in [7, 11) is 3.91. The number of nitrogens with zero attached hydrogens (tertiary/aromatic N) is 3. The highest BCUT2D eigenvalue weighted by Crippen LogP contribution is 2.30. The van der Waals surface area contributed by atoms with Crippen molar-refractivity contribution in [2.24, 2.45) is 0 Å². The minimum Gasteiger partial charge on any atom is -0.383 e. The maximum Gasteiger partial charge on any atom is 0.133 e. The predicted molar refractivity (Wildman–Crippen MR) is 58.5 cm³/mol. The molecule has 0 amide bonds. The molecular formula is C12H15N3. The van der Waals surface area contributed by atoms with Crippen LogP contribution in [-0.2, 0) is 0 Å². The number of nitriles is 2. The molecule has 0 aliphatic heterocycles. The fourth-order valence-electron chi connectivity index (χ4n) is 1.83. The van der Waals surface area contributed by atoms with E-state index in [0.717, 1.165) is 36.8 Å². The molecule has 0 spiro atoms. The average Bonchev–Trinajstić information content (AvgIpc) is 2.21. The van der Waals surface area contributed by atoms with Crippen LogP contribution in [0.1, 0.15) is 25.7 Å². The van der Waals surface area contributed by atoms with E-state index >= 15 is 0 Å². The summed E-state index contributed by atoms with van der Waals surface area (Å²) in [5, 5.41) is 17.7. The van der Waals surface area contributed by atoms with E-state index in [1.807, 2.05) is 37.3 Å². The zero-order valence-corrected chi connectivity index (χ0v) is 9.25. The minimum atomic E-state index is 0.280. The standard InChI is InChI=1S/C12H15N3/c1-15(2)9-10-5-3-4-6-12(10)11(7-13)8-14/h9H,3-6H2,1-2H3/b10-9+. The first kappa shape index (κ1) is 11.3. The molecule has 0 radical (unpaired) electrons. The molecule has 0 atom stereocenters. The van der Waals surface area contributed by atoms with Crippen molar-refractivity contribution in [2.45, 2.75) is 25.7 Å². The van der Waals surface area contributed by atoms with E-state index in [2.05, 4.69) is 0 Å². The van der Waals surface area contributed by atoms with Crippen LogP contribution in [0.25, 0.3) is 0 Å². The highest BCUT2D eigenvalue weighted by atomic mass is 15.0. The van der Waals surface area contributed by atoms with Gasteiger partial charge in [0, 0.05) is 20.3 Å². The molecular weight excluding hydrogens is 186 g/mol. The largest absolute Gasteiger partial charge is 0.383 e. The summed E-state index contributed by atoms with van der Waals surface area (Å²) in [6.07, 6.45) is 6.07. The summed E-state index contributed by atoms with van der Waals surface area (Å²) in [5.41, 5.74) is 2.37. The Bertz CT molecular complexity index is 359. The molecule has 1 saturated carbocycles. The second kappa shape index (κ2) is 5.22. The van der Waals surface area contributed by atoms with E-state index in [1.165, 1.54) is 0 Å². The third kappa shape index (κ3) is 2.86. The maximum absolute atomic E-state index is 8.86. The second-order valence-electron chi connectivity index (χ2n) is 3.90. The lowest BCUT2D eigenvalue weighted by atomic mass is 9.87. The van der Waals surface area contributed by atoms with E-state index in [-0.39, 0.29) is 5.57 Å². The van der Waals surface area contributed by atoms with Gasteiger partial charge in [0.25, 0.3) is 0 Å². The highest BCUT2D eigenvalue weighted by Gasteiger charge is 2.16. The third-order valence-corrected chi connectivity index (χ3v) is 2.45. The third-order valence-electron chi connectivity index (χ3n) is 2.45. The van der Waals surface area contributed by atoms with Crippen LogP contribution in [0.3, 0.4) is 0 Å². The SMILES string of the molecule is CN(C)/C=C1\CCCCC1=C(C#N)C#N. The molecule has 0 unspecified atom stereocenters. The Morgan fingerprint density at radius 3 is 2.33 bits per heavy atom. The predicted octanol–water partition coefficient (Wildman–Crippen LogP) is 2.35. The van der Waals surface area contributed by atoms with Crippen molar-refractivity contribution in [3.05, 3.63) is 22.9 Å². The molecule has 1 aliphatic carbocycles. The fraction of sp³-hybridized carbons (Fsp3) is 0.500. The van der Waals surface area contributed by atoms with Crippen LogP contribution in [0, 0.1) is 22.7 Å². The van der Waals surface area contributed by atoms with Gasteiger partial charge in [-0.2, -0.15) is 10.5 Å². The summed E-state index contributed by atoms with van der Waals surface area (Å²) in [6.45, 7) is 0. The number of hydrogen-bond acceptors (Lipinski definition) is 3. The molecule has 1 rings (SSSR count). The Hall–Kier alpha value is -1.74. The first-order valence-electron chi connectivity index (χ1n) is 5.10. The summed E-state index contributed by atoms with van der Waals surface area (Å²) in [6, 6.07) is 3.97. The van der Waals surface area contributed by atoms with Crippen molar-refractivity contribution in [1.29, 1.82) is 10.5 Å². The molecule has 0 aromatic carbocycles. The van der Waals surface area contributed by atoms with E-state index in [4.69, 9.17) is 10.5 Å². The van der Waals surface area contributed by atoms with Crippen LogP contribution in [0.5, 0.6) is 0 Å². The minimum absolute atomic E-state index is 0.280. The summed E-state index contributed by atoms with van der Waals surface area (Å²) in [4.78, 5) is 1.97.